The van der Waals surface area contributed by atoms with Crippen LogP contribution < -0.4 is 9.62 Å². The van der Waals surface area contributed by atoms with Gasteiger partial charge in [0.1, 0.15) is 11.0 Å². The summed E-state index contributed by atoms with van der Waals surface area (Å²) in [4.78, 5) is 30.7. The molecule has 0 radical (unpaired) electrons. The number of nitrogens with one attached hydrogen (secondary N) is 1. The highest BCUT2D eigenvalue weighted by Gasteiger charge is 2.26. The number of nitrogens with zero attached hydrogens (tertiary/aromatic N) is 3. The molecule has 0 atom stereocenters. The second-order valence-corrected chi connectivity index (χ2v) is 8.05. The van der Waals surface area contributed by atoms with E-state index in [0.29, 0.717) is 18.9 Å². The van der Waals surface area contributed by atoms with Crippen LogP contribution in [0.25, 0.3) is 0 Å². The minimum Gasteiger partial charge on any atom is -0.478 e. The van der Waals surface area contributed by atoms with Crippen LogP contribution in [0.2, 0.25) is 5.15 Å². The third-order valence-electron chi connectivity index (χ3n) is 4.23. The number of amides is 2. The minimum atomic E-state index is -3.93. The maximum absolute atomic E-state index is 12.3. The van der Waals surface area contributed by atoms with Crippen LogP contribution in [0.1, 0.15) is 10.4 Å². The first kappa shape index (κ1) is 19.9. The molecule has 3 rings (SSSR count). The van der Waals surface area contributed by atoms with E-state index >= 15 is 0 Å². The molecule has 28 heavy (non-hydrogen) atoms. The van der Waals surface area contributed by atoms with E-state index in [1.807, 2.05) is 4.90 Å². The van der Waals surface area contributed by atoms with E-state index in [1.54, 1.807) is 24.3 Å². The van der Waals surface area contributed by atoms with Crippen LogP contribution in [0.3, 0.4) is 0 Å². The van der Waals surface area contributed by atoms with Gasteiger partial charge in [-0.05, 0) is 24.3 Å². The van der Waals surface area contributed by atoms with E-state index in [4.69, 9.17) is 16.7 Å². The van der Waals surface area contributed by atoms with Crippen molar-refractivity contribution in [1.29, 1.82) is 0 Å². The molecule has 0 saturated carbocycles. The summed E-state index contributed by atoms with van der Waals surface area (Å²) in [5.41, 5.74) is -0.0884. The Bertz CT molecular complexity index is 992. The summed E-state index contributed by atoms with van der Waals surface area (Å²) < 4.78 is 26.6. The Morgan fingerprint density at radius 2 is 1.68 bits per heavy atom. The molecule has 9 nitrogen and oxygen atoms in total. The number of piperazine rings is 1. The number of rotatable bonds is 4. The van der Waals surface area contributed by atoms with Crippen molar-refractivity contribution in [2.24, 2.45) is 0 Å². The predicted molar refractivity (Wildman–Crippen MR) is 102 cm³/mol. The average Bonchev–Trinajstić information content (AvgIpc) is 2.68. The molecule has 148 valence electrons. The number of carboxylic acids is 1. The molecule has 11 heteroatoms. The number of anilines is 1. The summed E-state index contributed by atoms with van der Waals surface area (Å²) in [6.45, 7) is 1.34. The largest absolute Gasteiger partial charge is 0.478 e. The number of hydrogen-bond acceptors (Lipinski definition) is 6. The van der Waals surface area contributed by atoms with Gasteiger partial charge >= 0.3 is 12.0 Å². The number of benzene rings is 1. The molecule has 1 aliphatic heterocycles. The fraction of sp³-hybridized carbons (Fsp3) is 0.235. The first-order valence-electron chi connectivity index (χ1n) is 8.29. The van der Waals surface area contributed by atoms with Gasteiger partial charge in [0.05, 0.1) is 10.5 Å². The van der Waals surface area contributed by atoms with Crippen LogP contribution in [0.5, 0.6) is 0 Å². The van der Waals surface area contributed by atoms with Crippen molar-refractivity contribution in [2.45, 2.75) is 4.90 Å². The monoisotopic (exact) mass is 424 g/mol. The molecule has 2 amide bonds. The molecule has 0 unspecified atom stereocenters. The highest BCUT2D eigenvalue weighted by molar-refractivity contribution is 7.90. The lowest BCUT2D eigenvalue weighted by molar-refractivity contribution is 0.0696. The predicted octanol–water partition coefficient (Wildman–Crippen LogP) is 1.65. The van der Waals surface area contributed by atoms with E-state index < -0.39 is 22.0 Å². The molecule has 1 aromatic heterocycles. The number of sulfonamides is 1. The Labute approximate surface area is 166 Å². The molecule has 1 aromatic carbocycles. The standard InChI is InChI=1S/C17H17ClN4O5S/c18-15-13(16(23)24)6-7-14(19-15)21-8-10-22(11-9-21)17(25)20-28(26,27)12-4-2-1-3-5-12/h1-7H,8-11H2,(H,20,25)(H,23,24). The van der Waals surface area contributed by atoms with Crippen molar-refractivity contribution in [1.82, 2.24) is 14.6 Å². The highest BCUT2D eigenvalue weighted by Crippen LogP contribution is 2.20. The van der Waals surface area contributed by atoms with Gasteiger partial charge in [-0.3, -0.25) is 0 Å². The van der Waals surface area contributed by atoms with Gasteiger partial charge in [-0.2, -0.15) is 0 Å². The highest BCUT2D eigenvalue weighted by atomic mass is 35.5. The van der Waals surface area contributed by atoms with Gasteiger partial charge in [0, 0.05) is 26.2 Å². The lowest BCUT2D eigenvalue weighted by atomic mass is 10.2. The first-order valence-corrected chi connectivity index (χ1v) is 10.2. The normalized spacial score (nSPS) is 14.6. The lowest BCUT2D eigenvalue weighted by Crippen LogP contribution is -2.53. The summed E-state index contributed by atoms with van der Waals surface area (Å²) in [6.07, 6.45) is 0. The zero-order chi connectivity index (χ0) is 20.3. The fourth-order valence-corrected chi connectivity index (χ4v) is 3.96. The average molecular weight is 425 g/mol. The van der Waals surface area contributed by atoms with Gasteiger partial charge < -0.3 is 14.9 Å². The van der Waals surface area contributed by atoms with Crippen LogP contribution in [-0.2, 0) is 10.0 Å². The first-order chi connectivity index (χ1) is 13.3. The topological polar surface area (TPSA) is 120 Å². The summed E-state index contributed by atoms with van der Waals surface area (Å²) in [5, 5.41) is 8.89. The van der Waals surface area contributed by atoms with Crippen LogP contribution in [0.4, 0.5) is 10.6 Å². The number of carbonyl (C=O) groups is 2. The molecule has 0 bridgehead atoms. The zero-order valence-electron chi connectivity index (χ0n) is 14.6. The number of hydrogen-bond donors (Lipinski definition) is 2. The van der Waals surface area contributed by atoms with Crippen molar-refractivity contribution >= 4 is 39.4 Å². The molecule has 2 heterocycles. The van der Waals surface area contributed by atoms with Crippen molar-refractivity contribution < 1.29 is 23.1 Å². The molecule has 1 fully saturated rings. The summed E-state index contributed by atoms with van der Waals surface area (Å²) in [5.74, 6) is -0.669. The van der Waals surface area contributed by atoms with Crippen molar-refractivity contribution in [3.63, 3.8) is 0 Å². The smallest absolute Gasteiger partial charge is 0.338 e. The summed E-state index contributed by atoms with van der Waals surface area (Å²) in [6, 6.07) is 9.87. The van der Waals surface area contributed by atoms with Gasteiger partial charge in [0.25, 0.3) is 10.0 Å². The Hall–Kier alpha value is -2.85. The Morgan fingerprint density at radius 3 is 2.25 bits per heavy atom. The van der Waals surface area contributed by atoms with Crippen molar-refractivity contribution in [3.05, 3.63) is 53.2 Å². The van der Waals surface area contributed by atoms with Gasteiger partial charge in [0.2, 0.25) is 0 Å². The molecule has 0 aliphatic carbocycles. The molecule has 1 saturated heterocycles. The van der Waals surface area contributed by atoms with Crippen LogP contribution in [0.15, 0.2) is 47.4 Å². The SMILES string of the molecule is O=C(O)c1ccc(N2CCN(C(=O)NS(=O)(=O)c3ccccc3)CC2)nc1Cl. The number of aromatic nitrogens is 1. The second-order valence-electron chi connectivity index (χ2n) is 6.01. The van der Waals surface area contributed by atoms with E-state index in [0.717, 1.165) is 0 Å². The number of carbonyl (C=O) groups excluding carboxylic acids is 1. The zero-order valence-corrected chi connectivity index (χ0v) is 16.2. The molecular formula is C17H17ClN4O5S. The number of carboxylic acid groups (broad SMARTS) is 1. The molecule has 2 aromatic rings. The minimum absolute atomic E-state index is 0.0133. The molecule has 1 aliphatic rings. The number of pyridine rings is 1. The van der Waals surface area contributed by atoms with Crippen molar-refractivity contribution in [2.75, 3.05) is 31.1 Å². The quantitative estimate of drug-likeness (QED) is 0.716. The van der Waals surface area contributed by atoms with Crippen LogP contribution >= 0.6 is 11.6 Å². The van der Waals surface area contributed by atoms with E-state index in [9.17, 15) is 18.0 Å². The third kappa shape index (κ3) is 4.34. The number of halogens is 1. The molecule has 0 spiro atoms. The maximum Gasteiger partial charge on any atom is 0.338 e. The van der Waals surface area contributed by atoms with Gasteiger partial charge in [-0.1, -0.05) is 29.8 Å². The van der Waals surface area contributed by atoms with Crippen LogP contribution in [0, 0.1) is 0 Å². The van der Waals surface area contributed by atoms with E-state index in [-0.39, 0.29) is 28.7 Å². The Balaban J connectivity index is 1.61. The molecule has 2 N–H and O–H groups in total. The second kappa shape index (κ2) is 8.03. The van der Waals surface area contributed by atoms with Gasteiger partial charge in [-0.25, -0.2) is 27.7 Å². The summed E-state index contributed by atoms with van der Waals surface area (Å²) >= 11 is 5.89. The van der Waals surface area contributed by atoms with E-state index in [2.05, 4.69) is 9.71 Å². The Morgan fingerprint density at radius 1 is 1.04 bits per heavy atom. The lowest BCUT2D eigenvalue weighted by Gasteiger charge is -2.35. The Kier molecular flexibility index (Phi) is 5.71. The third-order valence-corrected chi connectivity index (χ3v) is 5.85. The van der Waals surface area contributed by atoms with Gasteiger partial charge in [0.15, 0.2) is 0 Å². The summed E-state index contributed by atoms with van der Waals surface area (Å²) in [7, 11) is -3.93. The van der Waals surface area contributed by atoms with Gasteiger partial charge in [-0.15, -0.1) is 0 Å². The number of aromatic carboxylic acids is 1. The fourth-order valence-electron chi connectivity index (χ4n) is 2.74. The van der Waals surface area contributed by atoms with Crippen LogP contribution in [-0.4, -0.2) is 61.6 Å². The molecular weight excluding hydrogens is 408 g/mol. The van der Waals surface area contributed by atoms with E-state index in [1.165, 1.54) is 23.1 Å². The van der Waals surface area contributed by atoms with Crippen molar-refractivity contribution in [3.8, 4) is 0 Å². The number of urea groups is 1. The maximum atomic E-state index is 12.3.